The van der Waals surface area contributed by atoms with Crippen molar-refractivity contribution in [2.45, 2.75) is 0 Å². The molecule has 5 heteroatoms. The lowest BCUT2D eigenvalue weighted by molar-refractivity contribution is 0.415. The second-order valence-corrected chi connectivity index (χ2v) is 5.23. The number of nitrogens with zero attached hydrogens (tertiary/aromatic N) is 3. The van der Waals surface area contributed by atoms with Gasteiger partial charge in [-0.25, -0.2) is 4.98 Å². The summed E-state index contributed by atoms with van der Waals surface area (Å²) in [5.74, 6) is 0.860. The molecule has 0 fully saturated rings. The first-order valence-electron chi connectivity index (χ1n) is 5.86. The highest BCUT2D eigenvalue weighted by Crippen LogP contribution is 2.27. The van der Waals surface area contributed by atoms with Crippen molar-refractivity contribution in [1.82, 2.24) is 14.8 Å². The van der Waals surface area contributed by atoms with E-state index in [2.05, 4.69) is 10.1 Å². The summed E-state index contributed by atoms with van der Waals surface area (Å²) in [4.78, 5) is 4.56. The molecule has 0 bridgehead atoms. The molecular weight excluding hydrogens is 258 g/mol. The molecule has 3 aromatic rings. The van der Waals surface area contributed by atoms with Crippen LogP contribution in [0.2, 0.25) is 0 Å². The lowest BCUT2D eigenvalue weighted by Crippen LogP contribution is -1.83. The molecule has 0 amide bonds. The quantitative estimate of drug-likeness (QED) is 0.734. The van der Waals surface area contributed by atoms with E-state index in [4.69, 9.17) is 4.74 Å². The molecular formula is C14H13N3OS. The van der Waals surface area contributed by atoms with E-state index in [1.165, 1.54) is 0 Å². The number of aryl methyl sites for hydroxylation is 1. The summed E-state index contributed by atoms with van der Waals surface area (Å²) in [6, 6.07) is 5.91. The van der Waals surface area contributed by atoms with Crippen LogP contribution in [0.5, 0.6) is 5.75 Å². The van der Waals surface area contributed by atoms with Gasteiger partial charge in [-0.3, -0.25) is 4.68 Å². The number of hydrogen-bond donors (Lipinski definition) is 0. The lowest BCUT2D eigenvalue weighted by atomic mass is 10.3. The van der Waals surface area contributed by atoms with Gasteiger partial charge in [-0.05, 0) is 30.4 Å². The molecule has 4 nitrogen and oxygen atoms in total. The monoisotopic (exact) mass is 271 g/mol. The van der Waals surface area contributed by atoms with E-state index < -0.39 is 0 Å². The predicted molar refractivity (Wildman–Crippen MR) is 78.3 cm³/mol. The van der Waals surface area contributed by atoms with Gasteiger partial charge < -0.3 is 4.74 Å². The Kier molecular flexibility index (Phi) is 3.05. The predicted octanol–water partition coefficient (Wildman–Crippen LogP) is 3.21. The Balaban J connectivity index is 1.91. The van der Waals surface area contributed by atoms with Crippen LogP contribution in [-0.4, -0.2) is 21.9 Å². The number of ether oxygens (including phenoxy) is 1. The van der Waals surface area contributed by atoms with E-state index >= 15 is 0 Å². The van der Waals surface area contributed by atoms with Crippen LogP contribution in [0.15, 0.2) is 30.6 Å². The fourth-order valence-electron chi connectivity index (χ4n) is 1.81. The van der Waals surface area contributed by atoms with Gasteiger partial charge in [0.25, 0.3) is 0 Å². The van der Waals surface area contributed by atoms with E-state index in [-0.39, 0.29) is 0 Å². The van der Waals surface area contributed by atoms with Gasteiger partial charge in [0.2, 0.25) is 0 Å². The van der Waals surface area contributed by atoms with Crippen molar-refractivity contribution in [3.8, 4) is 5.75 Å². The zero-order valence-corrected chi connectivity index (χ0v) is 11.5. The van der Waals surface area contributed by atoms with Crippen LogP contribution in [0.4, 0.5) is 0 Å². The van der Waals surface area contributed by atoms with Crippen molar-refractivity contribution in [3.05, 3.63) is 41.2 Å². The zero-order valence-electron chi connectivity index (χ0n) is 10.7. The van der Waals surface area contributed by atoms with Crippen molar-refractivity contribution >= 4 is 33.7 Å². The first-order chi connectivity index (χ1) is 9.24. The van der Waals surface area contributed by atoms with E-state index in [0.29, 0.717) is 0 Å². The third-order valence-corrected chi connectivity index (χ3v) is 3.74. The van der Waals surface area contributed by atoms with Crippen LogP contribution in [0.25, 0.3) is 22.4 Å². The van der Waals surface area contributed by atoms with E-state index in [9.17, 15) is 0 Å². The van der Waals surface area contributed by atoms with Crippen LogP contribution in [0.3, 0.4) is 0 Å². The molecule has 2 heterocycles. The molecule has 2 aromatic heterocycles. The fourth-order valence-corrected chi connectivity index (χ4v) is 2.71. The number of methoxy groups -OCH3 is 1. The Morgan fingerprint density at radius 3 is 2.95 bits per heavy atom. The second kappa shape index (κ2) is 4.85. The third kappa shape index (κ3) is 2.51. The van der Waals surface area contributed by atoms with Crippen molar-refractivity contribution in [3.63, 3.8) is 0 Å². The van der Waals surface area contributed by atoms with Crippen molar-refractivity contribution in [2.75, 3.05) is 7.11 Å². The van der Waals surface area contributed by atoms with Crippen molar-refractivity contribution in [1.29, 1.82) is 0 Å². The summed E-state index contributed by atoms with van der Waals surface area (Å²) in [7, 11) is 3.58. The highest BCUT2D eigenvalue weighted by atomic mass is 32.1. The van der Waals surface area contributed by atoms with Gasteiger partial charge in [-0.15, -0.1) is 11.3 Å². The molecule has 0 aliphatic rings. The van der Waals surface area contributed by atoms with E-state index in [0.717, 1.165) is 26.5 Å². The Hall–Kier alpha value is -2.14. The summed E-state index contributed by atoms with van der Waals surface area (Å²) in [5, 5.41) is 5.11. The maximum absolute atomic E-state index is 5.21. The van der Waals surface area contributed by atoms with Gasteiger partial charge in [0.1, 0.15) is 10.8 Å². The Morgan fingerprint density at radius 1 is 1.32 bits per heavy atom. The fraction of sp³-hybridized carbons (Fsp3) is 0.143. The average molecular weight is 271 g/mol. The average Bonchev–Trinajstić information content (AvgIpc) is 3.01. The maximum atomic E-state index is 5.21. The molecule has 3 rings (SSSR count). The number of hydrogen-bond acceptors (Lipinski definition) is 4. The summed E-state index contributed by atoms with van der Waals surface area (Å²) in [5.41, 5.74) is 2.07. The van der Waals surface area contributed by atoms with E-state index in [1.54, 1.807) is 23.1 Å². The molecule has 0 unspecified atom stereocenters. The first kappa shape index (κ1) is 11.9. The molecule has 0 N–H and O–H groups in total. The van der Waals surface area contributed by atoms with Crippen LogP contribution in [0, 0.1) is 0 Å². The van der Waals surface area contributed by atoms with Crippen molar-refractivity contribution < 1.29 is 4.74 Å². The molecule has 0 saturated carbocycles. The normalized spacial score (nSPS) is 11.5. The Labute approximate surface area is 115 Å². The van der Waals surface area contributed by atoms with Crippen LogP contribution in [0.1, 0.15) is 10.6 Å². The molecule has 1 aromatic carbocycles. The number of aromatic nitrogens is 3. The van der Waals surface area contributed by atoms with E-state index in [1.807, 2.05) is 49.8 Å². The SMILES string of the molecule is COc1ccc2nc(C=Cc3cnn(C)c3)sc2c1. The maximum Gasteiger partial charge on any atom is 0.120 e. The minimum absolute atomic E-state index is 0.860. The van der Waals surface area contributed by atoms with Crippen LogP contribution >= 0.6 is 11.3 Å². The number of thiazole rings is 1. The lowest BCUT2D eigenvalue weighted by Gasteiger charge is -1.96. The molecule has 19 heavy (non-hydrogen) atoms. The zero-order chi connectivity index (χ0) is 13.2. The summed E-state index contributed by atoms with van der Waals surface area (Å²) in [6.07, 6.45) is 7.82. The standard InChI is InChI=1S/C14H13N3OS/c1-17-9-10(8-15-17)3-6-14-16-12-5-4-11(18-2)7-13(12)19-14/h3-9H,1-2H3. The molecule has 0 saturated heterocycles. The third-order valence-electron chi connectivity index (χ3n) is 2.76. The van der Waals surface area contributed by atoms with Gasteiger partial charge in [0.05, 0.1) is 23.5 Å². The Bertz CT molecular complexity index is 742. The molecule has 0 atom stereocenters. The van der Waals surface area contributed by atoms with Crippen LogP contribution < -0.4 is 4.74 Å². The molecule has 0 aliphatic carbocycles. The molecule has 96 valence electrons. The molecule has 0 spiro atoms. The number of rotatable bonds is 3. The van der Waals surface area contributed by atoms with Gasteiger partial charge in [-0.2, -0.15) is 5.10 Å². The minimum Gasteiger partial charge on any atom is -0.497 e. The largest absolute Gasteiger partial charge is 0.497 e. The minimum atomic E-state index is 0.860. The van der Waals surface area contributed by atoms with Gasteiger partial charge in [0, 0.05) is 18.8 Å². The van der Waals surface area contributed by atoms with Crippen LogP contribution in [-0.2, 0) is 7.05 Å². The molecule has 0 aliphatic heterocycles. The first-order valence-corrected chi connectivity index (χ1v) is 6.67. The number of fused-ring (bicyclic) bond motifs is 1. The second-order valence-electron chi connectivity index (χ2n) is 4.17. The smallest absolute Gasteiger partial charge is 0.120 e. The highest BCUT2D eigenvalue weighted by Gasteiger charge is 2.02. The van der Waals surface area contributed by atoms with Crippen molar-refractivity contribution in [2.24, 2.45) is 7.05 Å². The highest BCUT2D eigenvalue weighted by molar-refractivity contribution is 7.19. The topological polar surface area (TPSA) is 39.9 Å². The summed E-state index contributed by atoms with van der Waals surface area (Å²) < 4.78 is 8.12. The van der Waals surface area contributed by atoms with Gasteiger partial charge >= 0.3 is 0 Å². The number of benzene rings is 1. The Morgan fingerprint density at radius 2 is 2.21 bits per heavy atom. The molecule has 0 radical (unpaired) electrons. The van der Waals surface area contributed by atoms with Gasteiger partial charge in [0.15, 0.2) is 0 Å². The van der Waals surface area contributed by atoms with Gasteiger partial charge in [-0.1, -0.05) is 0 Å². The summed E-state index contributed by atoms with van der Waals surface area (Å²) >= 11 is 1.65. The summed E-state index contributed by atoms with van der Waals surface area (Å²) in [6.45, 7) is 0.